The Kier molecular flexibility index (Phi) is 3.09. The molecule has 0 N–H and O–H groups in total. The van der Waals surface area contributed by atoms with Gasteiger partial charge in [0.2, 0.25) is 0 Å². The highest BCUT2D eigenvalue weighted by Crippen LogP contribution is 2.19. The molecule has 0 radical (unpaired) electrons. The van der Waals surface area contributed by atoms with E-state index in [2.05, 4.69) is 36.0 Å². The number of hydrogen-bond donors (Lipinski definition) is 0. The second-order valence-corrected chi connectivity index (χ2v) is 4.42. The molecule has 0 aliphatic heterocycles. The molecule has 2 rings (SSSR count). The summed E-state index contributed by atoms with van der Waals surface area (Å²) in [7, 11) is 0. The molecule has 2 heterocycles. The van der Waals surface area contributed by atoms with Gasteiger partial charge in [-0.05, 0) is 32.5 Å². The van der Waals surface area contributed by atoms with Crippen LogP contribution in [0.5, 0.6) is 0 Å². The Balaban J connectivity index is 2.57. The number of nitrogens with zero attached hydrogens (tertiary/aromatic N) is 6. The maximum atomic E-state index is 10.5. The summed E-state index contributed by atoms with van der Waals surface area (Å²) in [5.74, 6) is -0.0515. The first-order valence-corrected chi connectivity index (χ1v) is 5.69. The smallest absolute Gasteiger partial charge is 0.390 e. The minimum Gasteiger partial charge on any atom is -0.390 e. The van der Waals surface area contributed by atoms with E-state index in [0.29, 0.717) is 9.39 Å². The predicted molar refractivity (Wildman–Crippen MR) is 64.0 cm³/mol. The third-order valence-corrected chi connectivity index (χ3v) is 2.84. The molecule has 0 aromatic carbocycles. The van der Waals surface area contributed by atoms with Crippen LogP contribution in [0.2, 0.25) is 0 Å². The van der Waals surface area contributed by atoms with Crippen LogP contribution in [0.3, 0.4) is 0 Å². The van der Waals surface area contributed by atoms with E-state index in [1.54, 1.807) is 6.20 Å². The lowest BCUT2D eigenvalue weighted by Crippen LogP contribution is -2.03. The molecule has 0 unspecified atom stereocenters. The monoisotopic (exact) mass is 396 g/mol. The summed E-state index contributed by atoms with van der Waals surface area (Å²) in [6, 6.07) is 0. The number of hydrogen-bond acceptors (Lipinski definition) is 6. The lowest BCUT2D eigenvalue weighted by molar-refractivity contribution is -0.394. The highest BCUT2D eigenvalue weighted by molar-refractivity contribution is 14.1. The van der Waals surface area contributed by atoms with E-state index < -0.39 is 10.9 Å². The van der Waals surface area contributed by atoms with Gasteiger partial charge in [0.25, 0.3) is 4.73 Å². The van der Waals surface area contributed by atoms with Crippen molar-refractivity contribution in [3.63, 3.8) is 0 Å². The van der Waals surface area contributed by atoms with Crippen molar-refractivity contribution in [2.45, 2.75) is 0 Å². The summed E-state index contributed by atoms with van der Waals surface area (Å²) in [4.78, 5) is 21.2. The first kappa shape index (κ1) is 11.3. The molecular weight excluding hydrogens is 395 g/mol. The van der Waals surface area contributed by atoms with Crippen LogP contribution < -0.4 is 0 Å². The molecule has 0 fully saturated rings. The fourth-order valence-electron chi connectivity index (χ4n) is 0.957. The molecule has 0 aliphatic rings. The van der Waals surface area contributed by atoms with Crippen LogP contribution in [0, 0.1) is 13.7 Å². The van der Waals surface area contributed by atoms with E-state index in [1.165, 1.54) is 11.0 Å². The highest BCUT2D eigenvalue weighted by atomic mass is 127. The summed E-state index contributed by atoms with van der Waals surface area (Å²) >= 11 is 5.08. The van der Waals surface area contributed by atoms with Crippen molar-refractivity contribution >= 4 is 44.5 Å². The normalized spacial score (nSPS) is 10.4. The maximum absolute atomic E-state index is 10.5. The minimum absolute atomic E-state index is 0.218. The van der Waals surface area contributed by atoms with E-state index >= 15 is 0 Å². The zero-order chi connectivity index (χ0) is 11.7. The van der Waals surface area contributed by atoms with E-state index in [0.717, 1.165) is 0 Å². The second kappa shape index (κ2) is 4.37. The van der Waals surface area contributed by atoms with E-state index in [9.17, 15) is 10.1 Å². The van der Waals surface area contributed by atoms with Gasteiger partial charge in [-0.1, -0.05) is 0 Å². The van der Waals surface area contributed by atoms with E-state index in [4.69, 9.17) is 0 Å². The largest absolute Gasteiger partial charge is 0.492 e. The Bertz CT molecular complexity index is 558. The van der Waals surface area contributed by atoms with Gasteiger partial charge >= 0.3 is 5.95 Å². The van der Waals surface area contributed by atoms with Gasteiger partial charge in [-0.3, -0.25) is 0 Å². The molecule has 0 amide bonds. The molecule has 0 saturated heterocycles. The number of aromatic nitrogens is 5. The summed E-state index contributed by atoms with van der Waals surface area (Å²) in [5, 5.41) is 14.2. The molecule has 8 nitrogen and oxygen atoms in total. The average molecular weight is 397 g/mol. The van der Waals surface area contributed by atoms with Gasteiger partial charge in [0.1, 0.15) is 6.33 Å². The molecule has 10 heteroatoms. The Morgan fingerprint density at radius 2 is 2.31 bits per heavy atom. The van der Waals surface area contributed by atoms with Crippen molar-refractivity contribution in [2.75, 3.05) is 0 Å². The Morgan fingerprint density at radius 1 is 1.56 bits per heavy atom. The Morgan fingerprint density at radius 3 is 2.88 bits per heavy atom. The Hall–Kier alpha value is -1.17. The van der Waals surface area contributed by atoms with Gasteiger partial charge in [-0.25, -0.2) is 9.97 Å². The van der Waals surface area contributed by atoms with Gasteiger partial charge in [-0.2, -0.15) is 0 Å². The lowest BCUT2D eigenvalue weighted by Gasteiger charge is -1.97. The van der Waals surface area contributed by atoms with E-state index in [1.807, 2.05) is 22.6 Å². The van der Waals surface area contributed by atoms with Crippen LogP contribution in [-0.2, 0) is 0 Å². The molecule has 2 aromatic rings. The van der Waals surface area contributed by atoms with E-state index in [-0.39, 0.29) is 4.73 Å². The number of rotatable bonds is 2. The topological polar surface area (TPSA) is 99.6 Å². The van der Waals surface area contributed by atoms with Gasteiger partial charge in [-0.15, -0.1) is 4.68 Å². The molecule has 0 bridgehead atoms. The van der Waals surface area contributed by atoms with Crippen LogP contribution in [0.4, 0.5) is 5.95 Å². The summed E-state index contributed by atoms with van der Waals surface area (Å²) in [6.45, 7) is 0. The minimum atomic E-state index is -0.671. The molecule has 16 heavy (non-hydrogen) atoms. The number of nitro groups is 1. The van der Waals surface area contributed by atoms with Crippen molar-refractivity contribution < 1.29 is 4.92 Å². The van der Waals surface area contributed by atoms with Crippen molar-refractivity contribution in [1.29, 1.82) is 0 Å². The third kappa shape index (κ3) is 2.02. The quantitative estimate of drug-likeness (QED) is 0.431. The molecule has 0 aliphatic carbocycles. The lowest BCUT2D eigenvalue weighted by atomic mass is 10.6. The van der Waals surface area contributed by atoms with Crippen LogP contribution in [0.15, 0.2) is 17.3 Å². The van der Waals surface area contributed by atoms with Crippen LogP contribution in [0.25, 0.3) is 5.82 Å². The summed E-state index contributed by atoms with van der Waals surface area (Å²) in [5.41, 5.74) is 0. The Labute approximate surface area is 111 Å². The first-order chi connectivity index (χ1) is 7.59. The number of halogens is 2. The molecule has 0 saturated carbocycles. The molecular formula is C6H2BrIN6O2. The van der Waals surface area contributed by atoms with Crippen LogP contribution >= 0.6 is 38.5 Å². The van der Waals surface area contributed by atoms with Gasteiger partial charge in [0.15, 0.2) is 5.82 Å². The van der Waals surface area contributed by atoms with Crippen molar-refractivity contribution in [3.05, 3.63) is 30.9 Å². The standard InChI is InChI=1S/C6H2BrIN6O2/c7-5-11-6(14(15)16)12-13(5)4-3(8)1-9-2-10-4/h1-2H. The molecule has 82 valence electrons. The fourth-order valence-corrected chi connectivity index (χ4v) is 1.89. The third-order valence-electron chi connectivity index (χ3n) is 1.57. The summed E-state index contributed by atoms with van der Waals surface area (Å²) in [6.07, 6.45) is 2.90. The van der Waals surface area contributed by atoms with Crippen molar-refractivity contribution in [1.82, 2.24) is 24.7 Å². The van der Waals surface area contributed by atoms with Crippen LogP contribution in [-0.4, -0.2) is 29.7 Å². The maximum Gasteiger partial charge on any atom is 0.492 e. The van der Waals surface area contributed by atoms with Crippen molar-refractivity contribution in [3.8, 4) is 5.82 Å². The van der Waals surface area contributed by atoms with Crippen molar-refractivity contribution in [2.24, 2.45) is 0 Å². The first-order valence-electron chi connectivity index (χ1n) is 3.82. The highest BCUT2D eigenvalue weighted by Gasteiger charge is 2.22. The zero-order valence-corrected chi connectivity index (χ0v) is 11.2. The average Bonchev–Trinajstić information content (AvgIpc) is 2.61. The molecule has 0 spiro atoms. The van der Waals surface area contributed by atoms with Gasteiger partial charge in [0, 0.05) is 27.2 Å². The van der Waals surface area contributed by atoms with Gasteiger partial charge in [0.05, 0.1) is 3.57 Å². The molecule has 2 aromatic heterocycles. The zero-order valence-electron chi connectivity index (χ0n) is 7.41. The second-order valence-electron chi connectivity index (χ2n) is 2.54. The summed E-state index contributed by atoms with van der Waals surface area (Å²) < 4.78 is 2.16. The fraction of sp³-hybridized carbons (Fsp3) is 0. The van der Waals surface area contributed by atoms with Crippen LogP contribution in [0.1, 0.15) is 0 Å². The molecule has 0 atom stereocenters. The predicted octanol–water partition coefficient (Wildman–Crippen LogP) is 1.33. The SMILES string of the molecule is O=[N+]([O-])c1nc(Br)n(-c2ncncc2I)n1. The van der Waals surface area contributed by atoms with Gasteiger partial charge < -0.3 is 10.1 Å².